The van der Waals surface area contributed by atoms with E-state index in [1.165, 1.54) is 0 Å². The van der Waals surface area contributed by atoms with Crippen LogP contribution in [0.15, 0.2) is 31.1 Å². The van der Waals surface area contributed by atoms with E-state index in [2.05, 4.69) is 20.4 Å². The summed E-state index contributed by atoms with van der Waals surface area (Å²) in [7, 11) is 0. The summed E-state index contributed by atoms with van der Waals surface area (Å²) in [5.41, 5.74) is 2.95. The van der Waals surface area contributed by atoms with Crippen LogP contribution in [0.1, 0.15) is 0 Å². The predicted octanol–water partition coefficient (Wildman–Crippen LogP) is 0.481. The number of nitrogens with zero attached hydrogens (tertiary/aromatic N) is 3. The molecule has 0 atom stereocenters. The third-order valence-electron chi connectivity index (χ3n) is 1.24. The smallest absolute Gasteiger partial charge is 0.219 e. The van der Waals surface area contributed by atoms with Crippen molar-refractivity contribution in [3.05, 3.63) is 31.1 Å². The second-order valence-electron chi connectivity index (χ2n) is 2.02. The summed E-state index contributed by atoms with van der Waals surface area (Å²) in [5.74, 6) is 0.697. The lowest BCUT2D eigenvalue weighted by atomic mass is 10.9. The second-order valence-corrected chi connectivity index (χ2v) is 2.02. The van der Waals surface area contributed by atoms with Crippen LogP contribution in [0.25, 0.3) is 0 Å². The molecule has 0 aromatic carbocycles. The standard InChI is InChI=1S/C6H7N5/c1-2-9-6(8-1)10-11-4-3-7-5-11/h1-5H,(H2,8,9,10). The highest BCUT2D eigenvalue weighted by Crippen LogP contribution is 1.94. The van der Waals surface area contributed by atoms with Gasteiger partial charge in [0.25, 0.3) is 0 Å². The first-order chi connectivity index (χ1) is 5.45. The summed E-state index contributed by atoms with van der Waals surface area (Å²) < 4.78 is 1.71. The molecule has 0 unspecified atom stereocenters. The molecule has 2 heterocycles. The van der Waals surface area contributed by atoms with Crippen molar-refractivity contribution >= 4 is 5.95 Å². The zero-order chi connectivity index (χ0) is 7.52. The highest BCUT2D eigenvalue weighted by molar-refractivity contribution is 5.21. The van der Waals surface area contributed by atoms with Gasteiger partial charge in [0, 0.05) is 24.8 Å². The van der Waals surface area contributed by atoms with Crippen LogP contribution < -0.4 is 5.43 Å². The van der Waals surface area contributed by atoms with Gasteiger partial charge in [0.1, 0.15) is 6.33 Å². The van der Waals surface area contributed by atoms with Gasteiger partial charge in [0.2, 0.25) is 5.95 Å². The number of aromatic nitrogens is 4. The first-order valence-electron chi connectivity index (χ1n) is 3.19. The zero-order valence-corrected chi connectivity index (χ0v) is 5.73. The molecule has 0 amide bonds. The molecule has 5 heteroatoms. The topological polar surface area (TPSA) is 58.5 Å². The van der Waals surface area contributed by atoms with Crippen LogP contribution in [0, 0.1) is 0 Å². The van der Waals surface area contributed by atoms with Crippen molar-refractivity contribution in [3.8, 4) is 0 Å². The lowest BCUT2D eigenvalue weighted by Gasteiger charge is -2.00. The summed E-state index contributed by atoms with van der Waals surface area (Å²) in [6.07, 6.45) is 8.57. The fraction of sp³-hybridized carbons (Fsp3) is 0. The highest BCUT2D eigenvalue weighted by Gasteiger charge is 1.90. The van der Waals surface area contributed by atoms with Gasteiger partial charge < -0.3 is 4.98 Å². The maximum absolute atomic E-state index is 3.98. The Balaban J connectivity index is 2.14. The summed E-state index contributed by atoms with van der Waals surface area (Å²) in [6.45, 7) is 0. The minimum absolute atomic E-state index is 0.697. The lowest BCUT2D eigenvalue weighted by Crippen LogP contribution is -2.06. The minimum atomic E-state index is 0.697. The average Bonchev–Trinajstić information content (AvgIpc) is 2.60. The number of nitrogens with one attached hydrogen (secondary N) is 2. The minimum Gasteiger partial charge on any atom is -0.330 e. The first kappa shape index (κ1) is 5.96. The Bertz CT molecular complexity index is 263. The Morgan fingerprint density at radius 1 is 1.45 bits per heavy atom. The van der Waals surface area contributed by atoms with E-state index >= 15 is 0 Å². The van der Waals surface area contributed by atoms with E-state index in [-0.39, 0.29) is 0 Å². The van der Waals surface area contributed by atoms with E-state index in [1.807, 2.05) is 0 Å². The van der Waals surface area contributed by atoms with Crippen molar-refractivity contribution in [2.24, 2.45) is 0 Å². The van der Waals surface area contributed by atoms with Gasteiger partial charge in [-0.25, -0.2) is 14.6 Å². The van der Waals surface area contributed by atoms with Crippen LogP contribution in [0.5, 0.6) is 0 Å². The van der Waals surface area contributed by atoms with Crippen LogP contribution >= 0.6 is 0 Å². The largest absolute Gasteiger partial charge is 0.330 e. The molecule has 0 radical (unpaired) electrons. The van der Waals surface area contributed by atoms with Crippen LogP contribution in [0.2, 0.25) is 0 Å². The molecule has 0 saturated carbocycles. The molecule has 56 valence electrons. The third kappa shape index (κ3) is 1.21. The predicted molar refractivity (Wildman–Crippen MR) is 39.8 cm³/mol. The van der Waals surface area contributed by atoms with Crippen LogP contribution in [0.3, 0.4) is 0 Å². The normalized spacial score (nSPS) is 9.82. The molecule has 5 nitrogen and oxygen atoms in total. The average molecular weight is 149 g/mol. The molecule has 11 heavy (non-hydrogen) atoms. The number of hydrogen-bond donors (Lipinski definition) is 2. The number of anilines is 1. The Labute approximate surface area is 63.1 Å². The maximum atomic E-state index is 3.98. The number of rotatable bonds is 2. The van der Waals surface area contributed by atoms with Gasteiger partial charge in [-0.3, -0.25) is 5.43 Å². The van der Waals surface area contributed by atoms with Gasteiger partial charge in [-0.15, -0.1) is 0 Å². The maximum Gasteiger partial charge on any atom is 0.219 e. The Kier molecular flexibility index (Phi) is 1.33. The number of imidazole rings is 2. The second kappa shape index (κ2) is 2.45. The summed E-state index contributed by atoms with van der Waals surface area (Å²) >= 11 is 0. The highest BCUT2D eigenvalue weighted by atomic mass is 15.5. The van der Waals surface area contributed by atoms with Gasteiger partial charge in [0.05, 0.1) is 0 Å². The van der Waals surface area contributed by atoms with Crippen molar-refractivity contribution in [2.45, 2.75) is 0 Å². The molecule has 0 aliphatic rings. The van der Waals surface area contributed by atoms with Gasteiger partial charge in [0.15, 0.2) is 0 Å². The van der Waals surface area contributed by atoms with Crippen molar-refractivity contribution in [1.82, 2.24) is 19.6 Å². The fourth-order valence-electron chi connectivity index (χ4n) is 0.774. The fourth-order valence-corrected chi connectivity index (χ4v) is 0.774. The summed E-state index contributed by atoms with van der Waals surface area (Å²) in [6, 6.07) is 0. The molecule has 0 fully saturated rings. The molecule has 2 N–H and O–H groups in total. The van der Waals surface area contributed by atoms with Crippen molar-refractivity contribution < 1.29 is 0 Å². The van der Waals surface area contributed by atoms with E-state index in [0.717, 1.165) is 0 Å². The molecule has 2 rings (SSSR count). The molecule has 0 spiro atoms. The third-order valence-corrected chi connectivity index (χ3v) is 1.24. The van der Waals surface area contributed by atoms with E-state index in [0.29, 0.717) is 5.95 Å². The Hall–Kier alpha value is -1.78. The Morgan fingerprint density at radius 3 is 3.09 bits per heavy atom. The molecule has 0 aliphatic carbocycles. The molecule has 2 aromatic rings. The number of H-pyrrole nitrogens is 1. The number of aromatic amines is 1. The van der Waals surface area contributed by atoms with E-state index < -0.39 is 0 Å². The van der Waals surface area contributed by atoms with Crippen LogP contribution in [-0.2, 0) is 0 Å². The molecular weight excluding hydrogens is 142 g/mol. The van der Waals surface area contributed by atoms with E-state index in [1.54, 1.807) is 35.8 Å². The molecular formula is C6H7N5. The molecule has 2 aromatic heterocycles. The molecule has 0 aliphatic heterocycles. The summed E-state index contributed by atoms with van der Waals surface area (Å²) in [5, 5.41) is 0. The SMILES string of the molecule is c1cn(Nc2ncc[nH]2)cn1. The summed E-state index contributed by atoms with van der Waals surface area (Å²) in [4.78, 5) is 10.7. The van der Waals surface area contributed by atoms with Crippen molar-refractivity contribution in [2.75, 3.05) is 5.43 Å². The first-order valence-corrected chi connectivity index (χ1v) is 3.19. The van der Waals surface area contributed by atoms with Crippen molar-refractivity contribution in [3.63, 3.8) is 0 Å². The van der Waals surface area contributed by atoms with Crippen LogP contribution in [0.4, 0.5) is 5.95 Å². The van der Waals surface area contributed by atoms with Gasteiger partial charge in [-0.1, -0.05) is 0 Å². The van der Waals surface area contributed by atoms with E-state index in [4.69, 9.17) is 0 Å². The van der Waals surface area contributed by atoms with E-state index in [9.17, 15) is 0 Å². The number of hydrogen-bond acceptors (Lipinski definition) is 3. The molecule has 0 saturated heterocycles. The lowest BCUT2D eigenvalue weighted by molar-refractivity contribution is 0.928. The van der Waals surface area contributed by atoms with Gasteiger partial charge in [-0.2, -0.15) is 0 Å². The van der Waals surface area contributed by atoms with Gasteiger partial charge >= 0.3 is 0 Å². The quantitative estimate of drug-likeness (QED) is 0.653. The Morgan fingerprint density at radius 2 is 2.45 bits per heavy atom. The van der Waals surface area contributed by atoms with Gasteiger partial charge in [-0.05, 0) is 0 Å². The van der Waals surface area contributed by atoms with Crippen molar-refractivity contribution in [1.29, 1.82) is 0 Å². The molecule has 0 bridgehead atoms. The zero-order valence-electron chi connectivity index (χ0n) is 5.73. The van der Waals surface area contributed by atoms with Crippen LogP contribution in [-0.4, -0.2) is 19.6 Å². The monoisotopic (exact) mass is 149 g/mol.